The van der Waals surface area contributed by atoms with E-state index in [1.807, 2.05) is 13.0 Å². The molecule has 0 aliphatic carbocycles. The van der Waals surface area contributed by atoms with Gasteiger partial charge < -0.3 is 5.32 Å². The molecule has 2 aromatic rings. The zero-order valence-corrected chi connectivity index (χ0v) is 14.7. The van der Waals surface area contributed by atoms with E-state index in [-0.39, 0.29) is 23.4 Å². The van der Waals surface area contributed by atoms with Crippen molar-refractivity contribution in [2.45, 2.75) is 31.7 Å². The summed E-state index contributed by atoms with van der Waals surface area (Å²) in [5.74, 6) is -0.253. The molecule has 1 N–H and O–H groups in total. The second-order valence-corrected chi connectivity index (χ2v) is 8.03. The number of nitrogens with one attached hydrogen (secondary N) is 1. The van der Waals surface area contributed by atoms with Crippen LogP contribution in [0.2, 0.25) is 0 Å². The number of aryl methyl sites for hydroxylation is 2. The molecule has 0 aromatic heterocycles. The lowest BCUT2D eigenvalue weighted by Gasteiger charge is -2.26. The first-order valence-corrected chi connectivity index (χ1v) is 9.24. The Morgan fingerprint density at radius 3 is 2.58 bits per heavy atom. The quantitative estimate of drug-likeness (QED) is 0.911. The first kappa shape index (κ1) is 16.5. The van der Waals surface area contributed by atoms with Gasteiger partial charge in [0.15, 0.2) is 0 Å². The Balaban J connectivity index is 2.21. The van der Waals surface area contributed by atoms with Crippen LogP contribution in [0.4, 0.5) is 5.69 Å². The van der Waals surface area contributed by atoms with E-state index < -0.39 is 10.0 Å². The number of amides is 1. The molecule has 1 aliphatic heterocycles. The summed E-state index contributed by atoms with van der Waals surface area (Å²) in [6.07, 6.45) is 0. The summed E-state index contributed by atoms with van der Waals surface area (Å²) in [6, 6.07) is 11.9. The minimum absolute atomic E-state index is 0.193. The predicted molar refractivity (Wildman–Crippen MR) is 93.8 cm³/mol. The highest BCUT2D eigenvalue weighted by Crippen LogP contribution is 2.30. The number of rotatable bonds is 2. The monoisotopic (exact) mass is 344 g/mol. The van der Waals surface area contributed by atoms with Crippen molar-refractivity contribution in [2.24, 2.45) is 0 Å². The highest BCUT2D eigenvalue weighted by Gasteiger charge is 2.33. The first-order valence-electron chi connectivity index (χ1n) is 7.80. The number of carbonyl (C=O) groups excluding carboxylic acids is 1. The second-order valence-electron chi connectivity index (χ2n) is 6.20. The summed E-state index contributed by atoms with van der Waals surface area (Å²) in [5.41, 5.74) is 2.36. The van der Waals surface area contributed by atoms with E-state index >= 15 is 0 Å². The standard InChI is InChI=1S/C18H20N2O3S/c1-12-8-9-13(2)17(10-12)24(22,23)20-11-14(3)19-18(21)15-6-4-5-7-16(15)20/h4-10,14H,11H2,1-3H3,(H,19,21)/t14-/m0/s1. The van der Waals surface area contributed by atoms with Gasteiger partial charge in [-0.3, -0.25) is 9.10 Å². The normalized spacial score (nSPS) is 17.9. The van der Waals surface area contributed by atoms with Crippen LogP contribution in [0.1, 0.15) is 28.4 Å². The van der Waals surface area contributed by atoms with E-state index in [4.69, 9.17) is 0 Å². The van der Waals surface area contributed by atoms with Crippen molar-refractivity contribution in [2.75, 3.05) is 10.8 Å². The van der Waals surface area contributed by atoms with Gasteiger partial charge in [0, 0.05) is 6.04 Å². The number of para-hydroxylation sites is 1. The molecule has 0 saturated heterocycles. The summed E-state index contributed by atoms with van der Waals surface area (Å²) in [4.78, 5) is 12.6. The summed E-state index contributed by atoms with van der Waals surface area (Å²) in [5, 5.41) is 2.83. The molecular weight excluding hydrogens is 324 g/mol. The molecule has 3 rings (SSSR count). The maximum Gasteiger partial charge on any atom is 0.264 e. The van der Waals surface area contributed by atoms with Crippen molar-refractivity contribution in [3.8, 4) is 0 Å². The van der Waals surface area contributed by atoms with E-state index in [9.17, 15) is 13.2 Å². The van der Waals surface area contributed by atoms with Crippen LogP contribution in [0.5, 0.6) is 0 Å². The molecule has 1 atom stereocenters. The molecule has 0 spiro atoms. The molecule has 0 saturated carbocycles. The average molecular weight is 344 g/mol. The number of anilines is 1. The Morgan fingerprint density at radius 1 is 1.12 bits per heavy atom. The van der Waals surface area contributed by atoms with Gasteiger partial charge in [-0.15, -0.1) is 0 Å². The Labute approximate surface area is 142 Å². The molecule has 0 bridgehead atoms. The van der Waals surface area contributed by atoms with Gasteiger partial charge in [0.25, 0.3) is 15.9 Å². The molecule has 1 heterocycles. The summed E-state index contributed by atoms with van der Waals surface area (Å²) >= 11 is 0. The molecule has 6 heteroatoms. The molecular formula is C18H20N2O3S. The molecule has 0 radical (unpaired) electrons. The maximum atomic E-state index is 13.3. The van der Waals surface area contributed by atoms with Gasteiger partial charge in [0.1, 0.15) is 0 Å². The molecule has 126 valence electrons. The highest BCUT2D eigenvalue weighted by molar-refractivity contribution is 7.92. The van der Waals surface area contributed by atoms with Crippen molar-refractivity contribution in [3.05, 3.63) is 59.2 Å². The van der Waals surface area contributed by atoms with Gasteiger partial charge in [-0.2, -0.15) is 0 Å². The predicted octanol–water partition coefficient (Wildman–Crippen LogP) is 2.63. The highest BCUT2D eigenvalue weighted by atomic mass is 32.2. The van der Waals surface area contributed by atoms with Crippen molar-refractivity contribution in [3.63, 3.8) is 0 Å². The molecule has 1 amide bonds. The Hall–Kier alpha value is -2.34. The van der Waals surface area contributed by atoms with Crippen LogP contribution < -0.4 is 9.62 Å². The molecule has 0 fully saturated rings. The largest absolute Gasteiger partial charge is 0.348 e. The van der Waals surface area contributed by atoms with Gasteiger partial charge in [-0.25, -0.2) is 8.42 Å². The zero-order valence-electron chi connectivity index (χ0n) is 13.9. The third-order valence-corrected chi connectivity index (χ3v) is 6.07. The Morgan fingerprint density at radius 2 is 1.83 bits per heavy atom. The number of sulfonamides is 1. The smallest absolute Gasteiger partial charge is 0.264 e. The summed E-state index contributed by atoms with van der Waals surface area (Å²) in [6.45, 7) is 5.64. The van der Waals surface area contributed by atoms with Crippen LogP contribution >= 0.6 is 0 Å². The van der Waals surface area contributed by atoms with Crippen molar-refractivity contribution in [1.82, 2.24) is 5.32 Å². The van der Waals surface area contributed by atoms with Gasteiger partial charge in [0.2, 0.25) is 0 Å². The fourth-order valence-electron chi connectivity index (χ4n) is 2.91. The topological polar surface area (TPSA) is 66.5 Å². The summed E-state index contributed by atoms with van der Waals surface area (Å²) in [7, 11) is -3.77. The lowest BCUT2D eigenvalue weighted by atomic mass is 10.1. The number of fused-ring (bicyclic) bond motifs is 1. The number of nitrogens with zero attached hydrogens (tertiary/aromatic N) is 1. The van der Waals surface area contributed by atoms with Crippen LogP contribution in [0.25, 0.3) is 0 Å². The van der Waals surface area contributed by atoms with Crippen LogP contribution in [0.15, 0.2) is 47.4 Å². The lowest BCUT2D eigenvalue weighted by molar-refractivity contribution is 0.0945. The number of carbonyl (C=O) groups is 1. The van der Waals surface area contributed by atoms with Gasteiger partial charge >= 0.3 is 0 Å². The van der Waals surface area contributed by atoms with Crippen LogP contribution in [0, 0.1) is 13.8 Å². The van der Waals surface area contributed by atoms with E-state index in [1.165, 1.54) is 4.31 Å². The fourth-order valence-corrected chi connectivity index (χ4v) is 4.79. The third kappa shape index (κ3) is 2.78. The van der Waals surface area contributed by atoms with Crippen molar-refractivity contribution < 1.29 is 13.2 Å². The van der Waals surface area contributed by atoms with E-state index in [0.29, 0.717) is 16.8 Å². The SMILES string of the molecule is Cc1ccc(C)c(S(=O)(=O)N2C[C@H](C)NC(=O)c3ccccc32)c1. The lowest BCUT2D eigenvalue weighted by Crippen LogP contribution is -2.41. The Bertz CT molecular complexity index is 906. The van der Waals surface area contributed by atoms with Gasteiger partial charge in [-0.1, -0.05) is 24.3 Å². The Kier molecular flexibility index (Phi) is 4.09. The van der Waals surface area contributed by atoms with Crippen molar-refractivity contribution in [1.29, 1.82) is 0 Å². The van der Waals surface area contributed by atoms with Crippen molar-refractivity contribution >= 4 is 21.6 Å². The van der Waals surface area contributed by atoms with Gasteiger partial charge in [0.05, 0.1) is 22.7 Å². The minimum atomic E-state index is -3.77. The van der Waals surface area contributed by atoms with E-state index in [1.54, 1.807) is 50.2 Å². The number of benzene rings is 2. The molecule has 1 aliphatic rings. The van der Waals surface area contributed by atoms with Crippen LogP contribution in [-0.2, 0) is 10.0 Å². The zero-order chi connectivity index (χ0) is 17.5. The third-order valence-electron chi connectivity index (χ3n) is 4.15. The second kappa shape index (κ2) is 5.94. The fraction of sp³-hybridized carbons (Fsp3) is 0.278. The van der Waals surface area contributed by atoms with Crippen LogP contribution in [-0.4, -0.2) is 26.9 Å². The number of hydrogen-bond acceptors (Lipinski definition) is 3. The van der Waals surface area contributed by atoms with Gasteiger partial charge in [-0.05, 0) is 50.1 Å². The van der Waals surface area contributed by atoms with E-state index in [0.717, 1.165) is 5.56 Å². The molecule has 5 nitrogen and oxygen atoms in total. The van der Waals surface area contributed by atoms with Crippen LogP contribution in [0.3, 0.4) is 0 Å². The number of hydrogen-bond donors (Lipinski definition) is 1. The maximum absolute atomic E-state index is 13.3. The molecule has 2 aromatic carbocycles. The molecule has 0 unspecified atom stereocenters. The molecule has 24 heavy (non-hydrogen) atoms. The first-order chi connectivity index (χ1) is 11.3. The van der Waals surface area contributed by atoms with E-state index in [2.05, 4.69) is 5.32 Å². The summed E-state index contributed by atoms with van der Waals surface area (Å²) < 4.78 is 28.0. The average Bonchev–Trinajstić information content (AvgIpc) is 2.67. The minimum Gasteiger partial charge on any atom is -0.348 e.